The van der Waals surface area contributed by atoms with Gasteiger partial charge in [-0.3, -0.25) is 0 Å². The molecule has 1 N–H and O–H groups in total. The number of nitrogens with one attached hydrogen (secondary N) is 1. The molecule has 0 bridgehead atoms. The largest absolute Gasteiger partial charge is 0.497 e. The molecule has 31 heavy (non-hydrogen) atoms. The van der Waals surface area contributed by atoms with Crippen molar-refractivity contribution in [3.8, 4) is 28.5 Å². The number of methoxy groups -OCH3 is 1. The Balaban J connectivity index is 1.20. The fraction of sp³-hybridized carbons (Fsp3) is 0.375. The minimum absolute atomic E-state index is 0.108. The number of ether oxygens (including phenoxy) is 4. The number of rotatable bonds is 6. The summed E-state index contributed by atoms with van der Waals surface area (Å²) in [5.74, 6) is 3.42. The summed E-state index contributed by atoms with van der Waals surface area (Å²) in [7, 11) is 1.68. The van der Waals surface area contributed by atoms with E-state index in [0.717, 1.165) is 60.4 Å². The molecule has 162 valence electrons. The summed E-state index contributed by atoms with van der Waals surface area (Å²) in [6.45, 7) is 4.24. The van der Waals surface area contributed by atoms with E-state index < -0.39 is 0 Å². The quantitative estimate of drug-likeness (QED) is 0.658. The molecule has 0 unspecified atom stereocenters. The molecule has 0 saturated carbocycles. The maximum Gasteiger partial charge on any atom is 0.161 e. The number of fused-ring (bicyclic) bond motifs is 2. The summed E-state index contributed by atoms with van der Waals surface area (Å²) in [5.41, 5.74) is 3.18. The van der Waals surface area contributed by atoms with E-state index in [4.69, 9.17) is 23.9 Å². The van der Waals surface area contributed by atoms with Gasteiger partial charge in [-0.2, -0.15) is 0 Å². The Kier molecular flexibility index (Phi) is 5.78. The number of benzene rings is 2. The van der Waals surface area contributed by atoms with Gasteiger partial charge < -0.3 is 28.8 Å². The molecule has 0 saturated heterocycles. The molecule has 2 aliphatic heterocycles. The van der Waals surface area contributed by atoms with Gasteiger partial charge in [0.2, 0.25) is 0 Å². The highest BCUT2D eigenvalue weighted by Gasteiger charge is 2.22. The number of aromatic nitrogens is 2. The van der Waals surface area contributed by atoms with Crippen molar-refractivity contribution in [2.45, 2.75) is 32.2 Å². The molecule has 0 aliphatic carbocycles. The van der Waals surface area contributed by atoms with Crippen LogP contribution < -0.4 is 19.5 Å². The second-order valence-electron chi connectivity index (χ2n) is 7.82. The van der Waals surface area contributed by atoms with Gasteiger partial charge >= 0.3 is 0 Å². The van der Waals surface area contributed by atoms with Gasteiger partial charge in [0, 0.05) is 31.3 Å². The van der Waals surface area contributed by atoms with Gasteiger partial charge in [0.05, 0.1) is 38.7 Å². The number of nitrogens with zero attached hydrogens (tertiary/aromatic N) is 2. The first-order chi connectivity index (χ1) is 15.3. The molecular formula is C24H27N3O4. The van der Waals surface area contributed by atoms with Gasteiger partial charge in [0.25, 0.3) is 0 Å². The van der Waals surface area contributed by atoms with Crippen LogP contribution in [0.1, 0.15) is 17.8 Å². The lowest BCUT2D eigenvalue weighted by Gasteiger charge is -2.24. The molecule has 3 aromatic rings. The van der Waals surface area contributed by atoms with E-state index in [0.29, 0.717) is 19.8 Å². The van der Waals surface area contributed by atoms with Crippen LogP contribution in [0.4, 0.5) is 0 Å². The maximum atomic E-state index is 6.02. The third-order valence-corrected chi connectivity index (χ3v) is 5.61. The molecule has 7 nitrogen and oxygen atoms in total. The Morgan fingerprint density at radius 1 is 1.10 bits per heavy atom. The van der Waals surface area contributed by atoms with E-state index >= 15 is 0 Å². The van der Waals surface area contributed by atoms with Gasteiger partial charge in [0.15, 0.2) is 11.5 Å². The minimum atomic E-state index is 0.108. The second-order valence-corrected chi connectivity index (χ2v) is 7.82. The zero-order chi connectivity index (χ0) is 21.0. The average Bonchev–Trinajstić information content (AvgIpc) is 3.09. The van der Waals surface area contributed by atoms with Crippen LogP contribution in [0.15, 0.2) is 48.7 Å². The first-order valence-corrected chi connectivity index (χ1v) is 10.7. The van der Waals surface area contributed by atoms with E-state index in [2.05, 4.69) is 28.2 Å². The molecule has 1 atom stereocenters. The van der Waals surface area contributed by atoms with Crippen LogP contribution in [-0.2, 0) is 24.4 Å². The molecule has 2 aromatic carbocycles. The number of imidazole rings is 1. The Morgan fingerprint density at radius 3 is 2.77 bits per heavy atom. The Morgan fingerprint density at radius 2 is 1.94 bits per heavy atom. The molecule has 3 heterocycles. The van der Waals surface area contributed by atoms with Crippen LogP contribution in [0.2, 0.25) is 0 Å². The van der Waals surface area contributed by atoms with Crippen molar-refractivity contribution < 1.29 is 18.9 Å². The molecule has 0 spiro atoms. The van der Waals surface area contributed by atoms with Crippen LogP contribution in [-0.4, -0.2) is 42.5 Å². The molecule has 0 radical (unpaired) electrons. The van der Waals surface area contributed by atoms with Gasteiger partial charge in [-0.15, -0.1) is 0 Å². The van der Waals surface area contributed by atoms with Gasteiger partial charge in [0.1, 0.15) is 18.2 Å². The first-order valence-electron chi connectivity index (χ1n) is 10.7. The standard InChI is InChI=1S/C24H27N3O4/c1-28-19-6-3-17(4-7-19)12-25-13-20-14-27-15-21(26-24(27)16-31-20)18-5-8-22-23(11-18)30-10-2-9-29-22/h3-8,11,15,20,25H,2,9-10,12-14,16H2,1H3/t20-/m0/s1. The summed E-state index contributed by atoms with van der Waals surface area (Å²) >= 11 is 0. The Hall–Kier alpha value is -3.03. The summed E-state index contributed by atoms with van der Waals surface area (Å²) in [6, 6.07) is 14.1. The lowest BCUT2D eigenvalue weighted by molar-refractivity contribution is 0.00278. The SMILES string of the molecule is COc1ccc(CNC[C@H]2Cn3cc(-c4ccc5c(c4)OCCCO5)nc3CO2)cc1. The molecule has 0 fully saturated rings. The number of hydrogen-bond acceptors (Lipinski definition) is 6. The van der Waals surface area contributed by atoms with Crippen LogP contribution in [0.5, 0.6) is 17.2 Å². The zero-order valence-corrected chi connectivity index (χ0v) is 17.7. The van der Waals surface area contributed by atoms with Gasteiger partial charge in [-0.05, 0) is 35.9 Å². The smallest absolute Gasteiger partial charge is 0.161 e. The van der Waals surface area contributed by atoms with Crippen molar-refractivity contribution in [2.24, 2.45) is 0 Å². The van der Waals surface area contributed by atoms with Crippen molar-refractivity contribution in [3.05, 3.63) is 60.0 Å². The Labute approximate surface area is 181 Å². The van der Waals surface area contributed by atoms with E-state index in [9.17, 15) is 0 Å². The predicted octanol–water partition coefficient (Wildman–Crippen LogP) is 3.41. The third-order valence-electron chi connectivity index (χ3n) is 5.61. The average molecular weight is 421 g/mol. The van der Waals surface area contributed by atoms with Crippen molar-refractivity contribution in [3.63, 3.8) is 0 Å². The van der Waals surface area contributed by atoms with Gasteiger partial charge in [-0.1, -0.05) is 12.1 Å². The zero-order valence-electron chi connectivity index (χ0n) is 17.7. The van der Waals surface area contributed by atoms with E-state index in [-0.39, 0.29) is 6.10 Å². The lowest BCUT2D eigenvalue weighted by atomic mass is 10.1. The van der Waals surface area contributed by atoms with Crippen LogP contribution in [0, 0.1) is 0 Å². The van der Waals surface area contributed by atoms with Crippen molar-refractivity contribution in [1.29, 1.82) is 0 Å². The van der Waals surface area contributed by atoms with Crippen LogP contribution in [0.3, 0.4) is 0 Å². The summed E-state index contributed by atoms with van der Waals surface area (Å²) in [6.07, 6.45) is 3.11. The second kappa shape index (κ2) is 8.99. The fourth-order valence-corrected chi connectivity index (χ4v) is 3.90. The van der Waals surface area contributed by atoms with Crippen molar-refractivity contribution in [2.75, 3.05) is 26.9 Å². The van der Waals surface area contributed by atoms with Crippen molar-refractivity contribution >= 4 is 0 Å². The van der Waals surface area contributed by atoms with Gasteiger partial charge in [-0.25, -0.2) is 4.98 Å². The highest BCUT2D eigenvalue weighted by Crippen LogP contribution is 2.34. The molecule has 2 aliphatic rings. The lowest BCUT2D eigenvalue weighted by Crippen LogP contribution is -2.35. The highest BCUT2D eigenvalue weighted by molar-refractivity contribution is 5.64. The fourth-order valence-electron chi connectivity index (χ4n) is 3.90. The normalized spacial score (nSPS) is 17.6. The summed E-state index contributed by atoms with van der Waals surface area (Å²) in [5, 5.41) is 3.49. The van der Waals surface area contributed by atoms with Crippen LogP contribution >= 0.6 is 0 Å². The highest BCUT2D eigenvalue weighted by atomic mass is 16.5. The third kappa shape index (κ3) is 4.52. The first kappa shape index (κ1) is 19.9. The molecular weight excluding hydrogens is 394 g/mol. The minimum Gasteiger partial charge on any atom is -0.497 e. The Bertz CT molecular complexity index is 1030. The number of hydrogen-bond donors (Lipinski definition) is 1. The molecule has 0 amide bonds. The van der Waals surface area contributed by atoms with E-state index in [1.54, 1.807) is 7.11 Å². The summed E-state index contributed by atoms with van der Waals surface area (Å²) < 4.78 is 25.0. The predicted molar refractivity (Wildman–Crippen MR) is 117 cm³/mol. The van der Waals surface area contributed by atoms with E-state index in [1.165, 1.54) is 5.56 Å². The van der Waals surface area contributed by atoms with E-state index in [1.807, 2.05) is 30.3 Å². The van der Waals surface area contributed by atoms with Crippen LogP contribution in [0.25, 0.3) is 11.3 Å². The monoisotopic (exact) mass is 421 g/mol. The molecule has 1 aromatic heterocycles. The molecule has 7 heteroatoms. The molecule has 5 rings (SSSR count). The maximum absolute atomic E-state index is 6.02. The summed E-state index contributed by atoms with van der Waals surface area (Å²) in [4.78, 5) is 4.78. The topological polar surface area (TPSA) is 66.8 Å². The van der Waals surface area contributed by atoms with Crippen molar-refractivity contribution in [1.82, 2.24) is 14.9 Å².